The molecule has 0 radical (unpaired) electrons. The molecule has 218 valence electrons. The van der Waals surface area contributed by atoms with Gasteiger partial charge < -0.3 is 20.3 Å². The van der Waals surface area contributed by atoms with Crippen LogP contribution in [0.3, 0.4) is 0 Å². The van der Waals surface area contributed by atoms with Crippen molar-refractivity contribution in [3.63, 3.8) is 0 Å². The summed E-state index contributed by atoms with van der Waals surface area (Å²) in [6.07, 6.45) is 0.530. The van der Waals surface area contributed by atoms with Crippen LogP contribution < -0.4 is 15.2 Å². The van der Waals surface area contributed by atoms with Crippen LogP contribution >= 0.6 is 0 Å². The van der Waals surface area contributed by atoms with Crippen LogP contribution in [-0.2, 0) is 28.4 Å². The van der Waals surface area contributed by atoms with Gasteiger partial charge in [0.1, 0.15) is 22.5 Å². The smallest absolute Gasteiger partial charge is 0.304 e. The Morgan fingerprint density at radius 1 is 1.12 bits per heavy atom. The first-order valence-corrected chi connectivity index (χ1v) is 14.6. The van der Waals surface area contributed by atoms with E-state index in [0.717, 1.165) is 16.7 Å². The summed E-state index contributed by atoms with van der Waals surface area (Å²) in [6, 6.07) is 15.5. The van der Waals surface area contributed by atoms with Crippen molar-refractivity contribution in [2.45, 2.75) is 37.1 Å². The fraction of sp³-hybridized carbons (Fsp3) is 0.345. The van der Waals surface area contributed by atoms with E-state index in [1.165, 1.54) is 23.5 Å². The molecule has 11 nitrogen and oxygen atoms in total. The van der Waals surface area contributed by atoms with Gasteiger partial charge in [-0.2, -0.15) is 4.31 Å². The number of aromatic nitrogens is 3. The van der Waals surface area contributed by atoms with Crippen LogP contribution in [0.1, 0.15) is 41.0 Å². The summed E-state index contributed by atoms with van der Waals surface area (Å²) in [6.45, 7) is 2.97. The maximum atomic E-state index is 13.4. The lowest BCUT2D eigenvalue weighted by Crippen LogP contribution is -2.27. The van der Waals surface area contributed by atoms with Crippen molar-refractivity contribution in [3.8, 4) is 11.5 Å². The molecule has 1 unspecified atom stereocenters. The number of hydrogen-bond donors (Lipinski definition) is 2. The summed E-state index contributed by atoms with van der Waals surface area (Å²) < 4.78 is 40.8. The molecule has 0 amide bonds. The van der Waals surface area contributed by atoms with Crippen molar-refractivity contribution >= 4 is 27.0 Å². The second-order valence-electron chi connectivity index (χ2n) is 9.86. The van der Waals surface area contributed by atoms with E-state index in [1.807, 2.05) is 31.2 Å². The first-order valence-electron chi connectivity index (χ1n) is 13.1. The number of carboxylic acid groups (broad SMARTS) is 1. The lowest BCUT2D eigenvalue weighted by Gasteiger charge is -2.22. The number of carbonyl (C=O) groups is 1. The lowest BCUT2D eigenvalue weighted by atomic mass is 9.86. The van der Waals surface area contributed by atoms with Gasteiger partial charge >= 0.3 is 5.97 Å². The normalized spacial score (nSPS) is 12.5. The van der Waals surface area contributed by atoms with Gasteiger partial charge in [0.25, 0.3) is 0 Å². The number of methoxy groups -OCH3 is 1. The van der Waals surface area contributed by atoms with Crippen molar-refractivity contribution in [3.05, 3.63) is 76.9 Å². The topological polar surface area (TPSA) is 150 Å². The van der Waals surface area contributed by atoms with Crippen molar-refractivity contribution in [2.24, 2.45) is 12.8 Å². The Kier molecular flexibility index (Phi) is 9.26. The summed E-state index contributed by atoms with van der Waals surface area (Å²) in [5, 5.41) is 18.0. The SMILES string of the molecule is COc1cc(C(CC(=O)O)c2ccc(C)c(CN(C)S(=O)(=O)c3ccc(OCCCN)cc3)c2)cc2nnn(C)c12. The number of fused-ring (bicyclic) bond motifs is 1. The summed E-state index contributed by atoms with van der Waals surface area (Å²) in [5.41, 5.74) is 9.88. The van der Waals surface area contributed by atoms with E-state index >= 15 is 0 Å². The number of benzene rings is 3. The third kappa shape index (κ3) is 6.67. The van der Waals surface area contributed by atoms with Gasteiger partial charge in [0.15, 0.2) is 0 Å². The number of nitrogens with zero attached hydrogens (tertiary/aromatic N) is 4. The average Bonchev–Trinajstić information content (AvgIpc) is 3.33. The molecule has 0 fully saturated rings. The molecule has 0 saturated heterocycles. The van der Waals surface area contributed by atoms with E-state index in [4.69, 9.17) is 15.2 Å². The minimum absolute atomic E-state index is 0.100. The summed E-state index contributed by atoms with van der Waals surface area (Å²) in [4.78, 5) is 12.1. The quantitative estimate of drug-likeness (QED) is 0.226. The predicted molar refractivity (Wildman–Crippen MR) is 155 cm³/mol. The van der Waals surface area contributed by atoms with Crippen LogP contribution in [0, 0.1) is 6.92 Å². The van der Waals surface area contributed by atoms with Crippen LogP contribution in [0.2, 0.25) is 0 Å². The highest BCUT2D eigenvalue weighted by Crippen LogP contribution is 2.35. The van der Waals surface area contributed by atoms with Gasteiger partial charge in [-0.05, 0) is 78.5 Å². The van der Waals surface area contributed by atoms with Crippen LogP contribution in [0.15, 0.2) is 59.5 Å². The third-order valence-corrected chi connectivity index (χ3v) is 8.82. The number of aliphatic carboxylic acids is 1. The van der Waals surface area contributed by atoms with Gasteiger partial charge in [-0.25, -0.2) is 13.1 Å². The molecule has 3 aromatic carbocycles. The minimum Gasteiger partial charge on any atom is -0.494 e. The molecule has 12 heteroatoms. The Labute approximate surface area is 239 Å². The molecule has 0 aliphatic carbocycles. The zero-order valence-electron chi connectivity index (χ0n) is 23.6. The number of ether oxygens (including phenoxy) is 2. The van der Waals surface area contributed by atoms with Crippen LogP contribution in [0.4, 0.5) is 0 Å². The standard InChI is InChI=1S/C29H35N5O6S/c1-19-6-7-20(25(17-28(35)36)21-15-26-29(27(16-21)39-4)34(3)32-31-26)14-22(19)18-33(2)41(37,38)24-10-8-23(9-11-24)40-13-5-12-30/h6-11,14-16,25H,5,12-13,17-18,30H2,1-4H3,(H,35,36). The largest absolute Gasteiger partial charge is 0.494 e. The number of rotatable bonds is 13. The Morgan fingerprint density at radius 2 is 1.85 bits per heavy atom. The molecule has 3 N–H and O–H groups in total. The molecule has 0 bridgehead atoms. The van der Waals surface area contributed by atoms with E-state index in [1.54, 1.807) is 37.0 Å². The molecule has 0 saturated carbocycles. The number of hydrogen-bond acceptors (Lipinski definition) is 8. The zero-order valence-corrected chi connectivity index (χ0v) is 24.4. The van der Waals surface area contributed by atoms with Gasteiger partial charge in [0.2, 0.25) is 10.0 Å². The fourth-order valence-corrected chi connectivity index (χ4v) is 5.85. The van der Waals surface area contributed by atoms with Gasteiger partial charge in [-0.1, -0.05) is 23.4 Å². The maximum absolute atomic E-state index is 13.4. The average molecular weight is 582 g/mol. The highest BCUT2D eigenvalue weighted by Gasteiger charge is 2.25. The molecule has 1 heterocycles. The maximum Gasteiger partial charge on any atom is 0.304 e. The summed E-state index contributed by atoms with van der Waals surface area (Å²) >= 11 is 0. The van der Waals surface area contributed by atoms with Crippen molar-refractivity contribution in [2.75, 3.05) is 27.3 Å². The molecule has 4 rings (SSSR count). The lowest BCUT2D eigenvalue weighted by molar-refractivity contribution is -0.137. The number of sulfonamides is 1. The van der Waals surface area contributed by atoms with Gasteiger partial charge in [-0.15, -0.1) is 5.10 Å². The fourth-order valence-electron chi connectivity index (χ4n) is 4.70. The molecule has 0 spiro atoms. The Balaban J connectivity index is 1.63. The van der Waals surface area contributed by atoms with E-state index in [9.17, 15) is 18.3 Å². The third-order valence-electron chi connectivity index (χ3n) is 7.01. The second kappa shape index (κ2) is 12.7. The molecular formula is C29H35N5O6S. The first-order chi connectivity index (χ1) is 19.5. The second-order valence-corrected chi connectivity index (χ2v) is 11.9. The van der Waals surface area contributed by atoms with Crippen LogP contribution in [-0.4, -0.2) is 66.1 Å². The predicted octanol–water partition coefficient (Wildman–Crippen LogP) is 3.44. The summed E-state index contributed by atoms with van der Waals surface area (Å²) in [5.74, 6) is -0.384. The van der Waals surface area contributed by atoms with E-state index in [0.29, 0.717) is 47.7 Å². The molecule has 1 atom stereocenters. The number of nitrogens with two attached hydrogens (primary N) is 1. The Bertz CT molecular complexity index is 1640. The summed E-state index contributed by atoms with van der Waals surface area (Å²) in [7, 11) is 1.02. The Morgan fingerprint density at radius 3 is 2.51 bits per heavy atom. The Hall–Kier alpha value is -4.00. The molecule has 41 heavy (non-hydrogen) atoms. The van der Waals surface area contributed by atoms with E-state index in [-0.39, 0.29) is 17.9 Å². The van der Waals surface area contributed by atoms with Crippen molar-refractivity contribution < 1.29 is 27.8 Å². The van der Waals surface area contributed by atoms with Gasteiger partial charge in [0, 0.05) is 26.6 Å². The first kappa shape index (κ1) is 30.0. The number of aryl methyl sites for hydroxylation is 2. The van der Waals surface area contributed by atoms with E-state index in [2.05, 4.69) is 10.3 Å². The monoisotopic (exact) mass is 581 g/mol. The zero-order chi connectivity index (χ0) is 29.7. The van der Waals surface area contributed by atoms with Crippen molar-refractivity contribution in [1.82, 2.24) is 19.3 Å². The van der Waals surface area contributed by atoms with Gasteiger partial charge in [0.05, 0.1) is 25.0 Å². The van der Waals surface area contributed by atoms with Crippen LogP contribution in [0.25, 0.3) is 11.0 Å². The highest BCUT2D eigenvalue weighted by molar-refractivity contribution is 7.89. The van der Waals surface area contributed by atoms with E-state index < -0.39 is 21.9 Å². The molecular weight excluding hydrogens is 546 g/mol. The molecule has 1 aromatic heterocycles. The molecule has 0 aliphatic rings. The molecule has 4 aromatic rings. The van der Waals surface area contributed by atoms with Crippen LogP contribution in [0.5, 0.6) is 11.5 Å². The number of carboxylic acids is 1. The van der Waals surface area contributed by atoms with Crippen molar-refractivity contribution in [1.29, 1.82) is 0 Å². The molecule has 0 aliphatic heterocycles. The minimum atomic E-state index is -3.80. The highest BCUT2D eigenvalue weighted by atomic mass is 32.2. The van der Waals surface area contributed by atoms with Gasteiger partial charge in [-0.3, -0.25) is 4.79 Å².